The van der Waals surface area contributed by atoms with Gasteiger partial charge in [0.05, 0.1) is 6.20 Å². The highest BCUT2D eigenvalue weighted by Crippen LogP contribution is 2.17. The summed E-state index contributed by atoms with van der Waals surface area (Å²) in [6, 6.07) is 0. The molecular formula is C4H5N5O. The maximum atomic E-state index is 9.96. The minimum Gasteiger partial charge on any atom is -0.306 e. The van der Waals surface area contributed by atoms with E-state index < -0.39 is 0 Å². The third-order valence-corrected chi connectivity index (χ3v) is 0.928. The molecule has 0 aromatic carbocycles. The van der Waals surface area contributed by atoms with Crippen LogP contribution in [0.5, 0.6) is 0 Å². The first kappa shape index (κ1) is 6.56. The fourth-order valence-electron chi connectivity index (χ4n) is 0.500. The molecule has 1 rings (SSSR count). The average Bonchev–Trinajstić information content (AvgIpc) is 2.04. The topological polar surface area (TPSA) is 93.3 Å². The van der Waals surface area contributed by atoms with Gasteiger partial charge >= 0.3 is 0 Å². The number of nitrogens with one attached hydrogen (secondary N) is 1. The molecule has 0 aliphatic carbocycles. The molecule has 0 radical (unpaired) electrons. The third kappa shape index (κ3) is 1.06. The lowest BCUT2D eigenvalue weighted by Gasteiger charge is -1.96. The first-order valence-corrected chi connectivity index (χ1v) is 2.48. The van der Waals surface area contributed by atoms with Crippen LogP contribution in [-0.2, 0) is 0 Å². The largest absolute Gasteiger partial charge is 0.306 e. The van der Waals surface area contributed by atoms with E-state index in [0.29, 0.717) is 0 Å². The van der Waals surface area contributed by atoms with Crippen LogP contribution in [0.1, 0.15) is 0 Å². The number of hydrazine groups is 1. The number of hydrogen-bond donors (Lipinski definition) is 2. The molecule has 6 heteroatoms. The number of anilines is 1. The summed E-state index contributed by atoms with van der Waals surface area (Å²) in [6.45, 7) is 0. The molecule has 3 N–H and O–H groups in total. The summed E-state index contributed by atoms with van der Waals surface area (Å²) in [4.78, 5) is 17.2. The molecule has 0 amide bonds. The maximum absolute atomic E-state index is 9.96. The van der Waals surface area contributed by atoms with Crippen LogP contribution in [0.15, 0.2) is 17.7 Å². The van der Waals surface area contributed by atoms with Crippen molar-refractivity contribution in [2.24, 2.45) is 11.0 Å². The minimum atomic E-state index is 0.102. The number of nitrogens with two attached hydrogens (primary N) is 1. The molecule has 0 fully saturated rings. The second-order valence-electron chi connectivity index (χ2n) is 1.49. The first-order valence-electron chi connectivity index (χ1n) is 2.48. The number of nitrogen functional groups attached to an aromatic ring is 1. The van der Waals surface area contributed by atoms with Gasteiger partial charge in [0.25, 0.3) is 0 Å². The van der Waals surface area contributed by atoms with E-state index in [1.807, 2.05) is 0 Å². The van der Waals surface area contributed by atoms with E-state index in [4.69, 9.17) is 5.84 Å². The van der Waals surface area contributed by atoms with Gasteiger partial charge in [0.15, 0.2) is 11.5 Å². The predicted molar refractivity (Wildman–Crippen MR) is 35.3 cm³/mol. The molecule has 0 atom stereocenters. The van der Waals surface area contributed by atoms with Crippen molar-refractivity contribution in [2.45, 2.75) is 0 Å². The molecule has 0 unspecified atom stereocenters. The van der Waals surface area contributed by atoms with Crippen LogP contribution in [0.2, 0.25) is 0 Å². The number of rotatable bonds is 2. The Morgan fingerprint density at radius 3 is 3.00 bits per heavy atom. The van der Waals surface area contributed by atoms with Gasteiger partial charge in [-0.25, -0.2) is 15.8 Å². The van der Waals surface area contributed by atoms with E-state index in [1.165, 1.54) is 12.5 Å². The lowest BCUT2D eigenvalue weighted by Crippen LogP contribution is -2.08. The second-order valence-corrected chi connectivity index (χ2v) is 1.49. The molecule has 0 saturated carbocycles. The lowest BCUT2D eigenvalue weighted by atomic mass is 10.5. The predicted octanol–water partition coefficient (Wildman–Crippen LogP) is 0.160. The standard InChI is InChI=1S/C4H5N5O/c5-8-4-3(9-10)1-6-2-7-4/h1-2H,5H2,(H,6,7,8). The van der Waals surface area contributed by atoms with Crippen molar-refractivity contribution in [1.82, 2.24) is 9.97 Å². The van der Waals surface area contributed by atoms with Gasteiger partial charge in [-0.3, -0.25) is 0 Å². The Labute approximate surface area is 56.4 Å². The SMILES string of the molecule is NNc1ncncc1N=O. The Hall–Kier alpha value is -1.56. The summed E-state index contributed by atoms with van der Waals surface area (Å²) in [6.07, 6.45) is 2.54. The zero-order valence-corrected chi connectivity index (χ0v) is 4.98. The van der Waals surface area contributed by atoms with E-state index >= 15 is 0 Å². The quantitative estimate of drug-likeness (QED) is 0.346. The van der Waals surface area contributed by atoms with E-state index in [1.54, 1.807) is 0 Å². The number of nitrogens with zero attached hydrogens (tertiary/aromatic N) is 3. The van der Waals surface area contributed by atoms with Crippen molar-refractivity contribution in [2.75, 3.05) is 5.43 Å². The van der Waals surface area contributed by atoms with Gasteiger partial charge in [-0.05, 0) is 5.18 Å². The van der Waals surface area contributed by atoms with Crippen LogP contribution in [0.25, 0.3) is 0 Å². The molecule has 1 aromatic heterocycles. The number of nitroso groups, excluding NO2 is 1. The van der Waals surface area contributed by atoms with Crippen LogP contribution in [-0.4, -0.2) is 9.97 Å². The average molecular weight is 139 g/mol. The molecule has 0 saturated heterocycles. The molecule has 52 valence electrons. The Morgan fingerprint density at radius 1 is 1.70 bits per heavy atom. The summed E-state index contributed by atoms with van der Waals surface area (Å²) in [5.41, 5.74) is 2.30. The van der Waals surface area contributed by atoms with E-state index in [9.17, 15) is 4.91 Å². The van der Waals surface area contributed by atoms with E-state index in [-0.39, 0.29) is 11.5 Å². The summed E-state index contributed by atoms with van der Waals surface area (Å²) in [5, 5.41) is 2.62. The van der Waals surface area contributed by atoms with Gasteiger partial charge in [-0.15, -0.1) is 4.91 Å². The van der Waals surface area contributed by atoms with Crippen molar-refractivity contribution in [1.29, 1.82) is 0 Å². The van der Waals surface area contributed by atoms with E-state index in [0.717, 1.165) is 0 Å². The molecule has 0 aliphatic rings. The highest BCUT2D eigenvalue weighted by molar-refractivity contribution is 5.57. The molecule has 1 aromatic rings. The summed E-state index contributed by atoms with van der Waals surface area (Å²) >= 11 is 0. The van der Waals surface area contributed by atoms with Crippen molar-refractivity contribution >= 4 is 11.5 Å². The van der Waals surface area contributed by atoms with Gasteiger partial charge in [-0.2, -0.15) is 0 Å². The van der Waals surface area contributed by atoms with Gasteiger partial charge in [0.1, 0.15) is 6.33 Å². The molecule has 0 bridgehead atoms. The summed E-state index contributed by atoms with van der Waals surface area (Å²) < 4.78 is 0. The maximum Gasteiger partial charge on any atom is 0.172 e. The smallest absolute Gasteiger partial charge is 0.172 e. The zero-order valence-electron chi connectivity index (χ0n) is 4.98. The molecular weight excluding hydrogens is 134 g/mol. The van der Waals surface area contributed by atoms with Crippen LogP contribution < -0.4 is 11.3 Å². The number of hydrogen-bond acceptors (Lipinski definition) is 6. The number of aromatic nitrogens is 2. The zero-order chi connectivity index (χ0) is 7.40. The second kappa shape index (κ2) is 2.83. The minimum absolute atomic E-state index is 0.102. The first-order chi connectivity index (χ1) is 4.88. The van der Waals surface area contributed by atoms with Gasteiger partial charge < -0.3 is 5.43 Å². The summed E-state index contributed by atoms with van der Waals surface area (Å²) in [5.74, 6) is 5.21. The molecule has 0 spiro atoms. The van der Waals surface area contributed by atoms with Gasteiger partial charge in [0.2, 0.25) is 0 Å². The highest BCUT2D eigenvalue weighted by atomic mass is 16.3. The van der Waals surface area contributed by atoms with Crippen LogP contribution in [0, 0.1) is 4.91 Å². The monoisotopic (exact) mass is 139 g/mol. The molecule has 6 nitrogen and oxygen atoms in total. The van der Waals surface area contributed by atoms with Crippen LogP contribution in [0.4, 0.5) is 11.5 Å². The van der Waals surface area contributed by atoms with Crippen molar-refractivity contribution in [3.05, 3.63) is 17.4 Å². The van der Waals surface area contributed by atoms with E-state index in [2.05, 4.69) is 20.6 Å². The molecule has 1 heterocycles. The Balaban J connectivity index is 3.08. The lowest BCUT2D eigenvalue weighted by molar-refractivity contribution is 1.13. The fourth-order valence-corrected chi connectivity index (χ4v) is 0.500. The van der Waals surface area contributed by atoms with Crippen LogP contribution in [0.3, 0.4) is 0 Å². The highest BCUT2D eigenvalue weighted by Gasteiger charge is 1.99. The Bertz CT molecular complexity index is 237. The Morgan fingerprint density at radius 2 is 2.50 bits per heavy atom. The van der Waals surface area contributed by atoms with Crippen molar-refractivity contribution < 1.29 is 0 Å². The van der Waals surface area contributed by atoms with Gasteiger partial charge in [-0.1, -0.05) is 0 Å². The van der Waals surface area contributed by atoms with Crippen molar-refractivity contribution in [3.63, 3.8) is 0 Å². The molecule has 10 heavy (non-hydrogen) atoms. The third-order valence-electron chi connectivity index (χ3n) is 0.928. The Kier molecular flexibility index (Phi) is 1.86. The summed E-state index contributed by atoms with van der Waals surface area (Å²) in [7, 11) is 0. The van der Waals surface area contributed by atoms with Gasteiger partial charge in [0, 0.05) is 0 Å². The molecule has 0 aliphatic heterocycles. The van der Waals surface area contributed by atoms with Crippen molar-refractivity contribution in [3.8, 4) is 0 Å². The fraction of sp³-hybridized carbons (Fsp3) is 0. The van der Waals surface area contributed by atoms with Crippen LogP contribution >= 0.6 is 0 Å². The normalized spacial score (nSPS) is 8.90.